The number of carbonyl (C=O) groups is 1. The zero-order valence-electron chi connectivity index (χ0n) is 15.5. The molecule has 1 amide bonds. The fraction of sp³-hybridized carbons (Fsp3) is 0.550. The van der Waals surface area contributed by atoms with Gasteiger partial charge in [0.25, 0.3) is 5.91 Å². The minimum Gasteiger partial charge on any atom is -0.477 e. The molecule has 0 spiro atoms. The van der Waals surface area contributed by atoms with E-state index >= 15 is 0 Å². The molecule has 6 heteroatoms. The Morgan fingerprint density at radius 3 is 3.08 bits per heavy atom. The highest BCUT2D eigenvalue weighted by Gasteiger charge is 2.51. The Kier molecular flexibility index (Phi) is 4.42. The van der Waals surface area contributed by atoms with Crippen molar-refractivity contribution in [2.24, 2.45) is 11.3 Å². The molecule has 1 saturated carbocycles. The highest BCUT2D eigenvalue weighted by atomic mass is 16.5. The quantitative estimate of drug-likeness (QED) is 0.828. The van der Waals surface area contributed by atoms with Gasteiger partial charge < -0.3 is 9.64 Å². The minimum atomic E-state index is 0.0549. The number of hydrogen-bond donors (Lipinski definition) is 0. The number of pyridine rings is 1. The lowest BCUT2D eigenvalue weighted by molar-refractivity contribution is 0.0733. The molecule has 0 aromatic carbocycles. The van der Waals surface area contributed by atoms with Crippen LogP contribution in [-0.4, -0.2) is 45.3 Å². The smallest absolute Gasteiger partial charge is 0.272 e. The Labute approximate surface area is 154 Å². The maximum atomic E-state index is 13.1. The Morgan fingerprint density at radius 1 is 1.42 bits per heavy atom. The monoisotopic (exact) mass is 354 g/mol. The summed E-state index contributed by atoms with van der Waals surface area (Å²) < 4.78 is 7.82. The average molecular weight is 354 g/mol. The van der Waals surface area contributed by atoms with Crippen molar-refractivity contribution in [3.05, 3.63) is 41.9 Å². The van der Waals surface area contributed by atoms with Gasteiger partial charge in [0.05, 0.1) is 12.3 Å². The molecule has 2 atom stereocenters. The lowest BCUT2D eigenvalue weighted by atomic mass is 9.81. The third-order valence-electron chi connectivity index (χ3n) is 5.89. The first kappa shape index (κ1) is 17.1. The molecule has 0 unspecified atom stereocenters. The molecule has 1 saturated heterocycles. The van der Waals surface area contributed by atoms with Gasteiger partial charge in [0.1, 0.15) is 5.69 Å². The predicted molar refractivity (Wildman–Crippen MR) is 98.0 cm³/mol. The molecule has 2 fully saturated rings. The molecule has 2 aromatic heterocycles. The highest BCUT2D eigenvalue weighted by Crippen LogP contribution is 2.49. The van der Waals surface area contributed by atoms with E-state index in [0.717, 1.165) is 25.2 Å². The molecule has 0 bridgehead atoms. The van der Waals surface area contributed by atoms with Gasteiger partial charge in [0.2, 0.25) is 5.88 Å². The summed E-state index contributed by atoms with van der Waals surface area (Å²) in [5.74, 6) is 1.27. The summed E-state index contributed by atoms with van der Waals surface area (Å²) in [5, 5.41) is 4.42. The summed E-state index contributed by atoms with van der Waals surface area (Å²) in [6.07, 6.45) is 5.24. The summed E-state index contributed by atoms with van der Waals surface area (Å²) >= 11 is 0. The summed E-state index contributed by atoms with van der Waals surface area (Å²) in [4.78, 5) is 19.4. The van der Waals surface area contributed by atoms with E-state index < -0.39 is 0 Å². The zero-order valence-corrected chi connectivity index (χ0v) is 15.5. The third-order valence-corrected chi connectivity index (χ3v) is 5.89. The largest absolute Gasteiger partial charge is 0.477 e. The van der Waals surface area contributed by atoms with E-state index in [2.05, 4.69) is 10.1 Å². The molecule has 1 aliphatic carbocycles. The molecule has 3 heterocycles. The van der Waals surface area contributed by atoms with Gasteiger partial charge in [-0.1, -0.05) is 12.5 Å². The third kappa shape index (κ3) is 2.97. The van der Waals surface area contributed by atoms with Crippen LogP contribution < -0.4 is 4.74 Å². The van der Waals surface area contributed by atoms with Crippen molar-refractivity contribution in [2.75, 3.05) is 19.7 Å². The fourth-order valence-corrected chi connectivity index (χ4v) is 4.58. The first-order valence-corrected chi connectivity index (χ1v) is 9.49. The first-order chi connectivity index (χ1) is 12.6. The molecule has 0 N–H and O–H groups in total. The van der Waals surface area contributed by atoms with Gasteiger partial charge in [-0.25, -0.2) is 4.98 Å². The summed E-state index contributed by atoms with van der Waals surface area (Å²) in [7, 11) is 0. The molecule has 6 nitrogen and oxygen atoms in total. The van der Waals surface area contributed by atoms with Crippen molar-refractivity contribution in [2.45, 2.75) is 39.7 Å². The van der Waals surface area contributed by atoms with Gasteiger partial charge in [-0.2, -0.15) is 5.10 Å². The zero-order chi connectivity index (χ0) is 18.1. The summed E-state index contributed by atoms with van der Waals surface area (Å²) in [6, 6.07) is 7.61. The van der Waals surface area contributed by atoms with Crippen molar-refractivity contribution < 1.29 is 9.53 Å². The van der Waals surface area contributed by atoms with Crippen molar-refractivity contribution in [3.8, 4) is 5.88 Å². The number of hydrogen-bond acceptors (Lipinski definition) is 4. The van der Waals surface area contributed by atoms with E-state index in [-0.39, 0.29) is 11.3 Å². The standard InChI is InChI=1S/C20H26N4O2/c1-3-24-17(11-15(2)22-24)19(25)23-12-16-7-6-9-20(16,13-23)14-26-18-8-4-5-10-21-18/h4-5,8,10-11,16H,3,6-7,9,12-14H2,1-2H3/t16-,20+/m1/s1. The van der Waals surface area contributed by atoms with E-state index in [1.165, 1.54) is 12.8 Å². The van der Waals surface area contributed by atoms with E-state index in [0.29, 0.717) is 30.6 Å². The lowest BCUT2D eigenvalue weighted by Crippen LogP contribution is -2.36. The van der Waals surface area contributed by atoms with Gasteiger partial charge >= 0.3 is 0 Å². The molecule has 2 aromatic rings. The van der Waals surface area contributed by atoms with Gasteiger partial charge in [-0.3, -0.25) is 9.48 Å². The number of amides is 1. The number of aryl methyl sites for hydroxylation is 2. The molecule has 2 aliphatic rings. The van der Waals surface area contributed by atoms with Crippen LogP contribution in [0.1, 0.15) is 42.4 Å². The summed E-state index contributed by atoms with van der Waals surface area (Å²) in [6.45, 7) is 6.87. The molecular formula is C20H26N4O2. The minimum absolute atomic E-state index is 0.0549. The first-order valence-electron chi connectivity index (χ1n) is 9.49. The number of carbonyl (C=O) groups excluding carboxylic acids is 1. The van der Waals surface area contributed by atoms with Crippen LogP contribution in [0.15, 0.2) is 30.5 Å². The molecular weight excluding hydrogens is 328 g/mol. The number of rotatable bonds is 5. The SMILES string of the molecule is CCn1nc(C)cc1C(=O)N1C[C@H]2CCC[C@@]2(COc2ccccn2)C1. The number of fused-ring (bicyclic) bond motifs is 1. The van der Waals surface area contributed by atoms with Crippen molar-refractivity contribution >= 4 is 5.91 Å². The van der Waals surface area contributed by atoms with E-state index in [4.69, 9.17) is 4.74 Å². The second-order valence-electron chi connectivity index (χ2n) is 7.58. The lowest BCUT2D eigenvalue weighted by Gasteiger charge is -2.28. The van der Waals surface area contributed by atoms with Crippen LogP contribution in [0.2, 0.25) is 0 Å². The second-order valence-corrected chi connectivity index (χ2v) is 7.58. The number of aromatic nitrogens is 3. The van der Waals surface area contributed by atoms with Crippen LogP contribution in [0.4, 0.5) is 0 Å². The van der Waals surface area contributed by atoms with E-state index in [1.807, 2.05) is 47.7 Å². The maximum absolute atomic E-state index is 13.1. The van der Waals surface area contributed by atoms with Crippen molar-refractivity contribution in [1.29, 1.82) is 0 Å². The maximum Gasteiger partial charge on any atom is 0.272 e. The van der Waals surface area contributed by atoms with E-state index in [9.17, 15) is 4.79 Å². The van der Waals surface area contributed by atoms with Gasteiger partial charge in [-0.05, 0) is 44.7 Å². The number of ether oxygens (including phenoxy) is 1. The van der Waals surface area contributed by atoms with Crippen molar-refractivity contribution in [3.63, 3.8) is 0 Å². The Balaban J connectivity index is 1.50. The molecule has 4 rings (SSSR count). The fourth-order valence-electron chi connectivity index (χ4n) is 4.58. The van der Waals surface area contributed by atoms with Crippen LogP contribution >= 0.6 is 0 Å². The van der Waals surface area contributed by atoms with Crippen LogP contribution in [-0.2, 0) is 6.54 Å². The normalized spacial score (nSPS) is 24.7. The Bertz CT molecular complexity index is 788. The Morgan fingerprint density at radius 2 is 2.31 bits per heavy atom. The molecule has 26 heavy (non-hydrogen) atoms. The van der Waals surface area contributed by atoms with Gasteiger partial charge in [-0.15, -0.1) is 0 Å². The van der Waals surface area contributed by atoms with E-state index in [1.54, 1.807) is 6.20 Å². The topological polar surface area (TPSA) is 60.2 Å². The number of likely N-dealkylation sites (tertiary alicyclic amines) is 1. The highest BCUT2D eigenvalue weighted by molar-refractivity contribution is 5.93. The molecule has 1 aliphatic heterocycles. The van der Waals surface area contributed by atoms with Crippen LogP contribution in [0.3, 0.4) is 0 Å². The van der Waals surface area contributed by atoms with Crippen molar-refractivity contribution in [1.82, 2.24) is 19.7 Å². The predicted octanol–water partition coefficient (Wildman–Crippen LogP) is 2.93. The van der Waals surface area contributed by atoms with Crippen LogP contribution in [0.5, 0.6) is 5.88 Å². The summed E-state index contributed by atoms with van der Waals surface area (Å²) in [5.41, 5.74) is 1.65. The Hall–Kier alpha value is -2.37. The van der Waals surface area contributed by atoms with Gasteiger partial charge in [0, 0.05) is 37.3 Å². The average Bonchev–Trinajstić information content (AvgIpc) is 3.32. The molecule has 0 radical (unpaired) electrons. The van der Waals surface area contributed by atoms with Gasteiger partial charge in [0.15, 0.2) is 0 Å². The number of nitrogens with zero attached hydrogens (tertiary/aromatic N) is 4. The molecule has 138 valence electrons. The van der Waals surface area contributed by atoms with Crippen LogP contribution in [0.25, 0.3) is 0 Å². The second kappa shape index (κ2) is 6.74. The van der Waals surface area contributed by atoms with Crippen LogP contribution in [0, 0.1) is 18.3 Å².